The molecule has 2 aromatic rings. The summed E-state index contributed by atoms with van der Waals surface area (Å²) in [6.45, 7) is 3.59. The van der Waals surface area contributed by atoms with Crippen molar-refractivity contribution >= 4 is 28.5 Å². The molecule has 2 aliphatic heterocycles. The van der Waals surface area contributed by atoms with Crippen LogP contribution in [0, 0.1) is 5.92 Å². The lowest BCUT2D eigenvalue weighted by molar-refractivity contribution is -0.133. The molecule has 1 aromatic heterocycles. The number of methoxy groups -OCH3 is 1. The Morgan fingerprint density at radius 1 is 1.15 bits per heavy atom. The number of carbonyl (C=O) groups is 2. The lowest BCUT2D eigenvalue weighted by Crippen LogP contribution is -2.43. The molecule has 6 heteroatoms. The number of hydrogen-bond acceptors (Lipinski definition) is 4. The number of hydrogen-bond donors (Lipinski definition) is 0. The zero-order valence-electron chi connectivity index (χ0n) is 15.2. The third kappa shape index (κ3) is 2.89. The maximum absolute atomic E-state index is 13.1. The van der Waals surface area contributed by atoms with Gasteiger partial charge in [0, 0.05) is 43.9 Å². The zero-order valence-corrected chi connectivity index (χ0v) is 15.2. The minimum Gasteiger partial charge on any atom is -0.497 e. The van der Waals surface area contributed by atoms with E-state index in [2.05, 4.69) is 6.07 Å². The molecule has 0 saturated carbocycles. The standard InChI is InChI=1S/C20H23N3O3/c1-13(24)22-8-5-14(6-9-22)20(25)23-10-7-16-11-15-3-4-17(26-2)12-18(15)21-19(16)23/h3-4,11-12,14H,5-10H2,1-2H3. The van der Waals surface area contributed by atoms with Gasteiger partial charge in [0.2, 0.25) is 11.8 Å². The topological polar surface area (TPSA) is 62.7 Å². The van der Waals surface area contributed by atoms with Crippen molar-refractivity contribution in [2.45, 2.75) is 26.2 Å². The monoisotopic (exact) mass is 353 g/mol. The molecule has 2 amide bonds. The molecule has 0 spiro atoms. The minimum absolute atomic E-state index is 0.0284. The highest BCUT2D eigenvalue weighted by atomic mass is 16.5. The van der Waals surface area contributed by atoms with E-state index in [1.807, 2.05) is 28.0 Å². The number of anilines is 1. The van der Waals surface area contributed by atoms with Gasteiger partial charge in [0.1, 0.15) is 11.6 Å². The number of piperidine rings is 1. The smallest absolute Gasteiger partial charge is 0.231 e. The number of carbonyl (C=O) groups excluding carboxylic acids is 2. The number of pyridine rings is 1. The molecule has 1 fully saturated rings. The SMILES string of the molecule is COc1ccc2cc3c(nc2c1)N(C(=O)C1CCN(C(C)=O)CC1)CC3. The normalized spacial score (nSPS) is 17.5. The van der Waals surface area contributed by atoms with Gasteiger partial charge in [-0.3, -0.25) is 14.5 Å². The summed E-state index contributed by atoms with van der Waals surface area (Å²) in [5, 5.41) is 1.06. The van der Waals surface area contributed by atoms with Gasteiger partial charge in [0.15, 0.2) is 0 Å². The lowest BCUT2D eigenvalue weighted by atomic mass is 9.95. The van der Waals surface area contributed by atoms with Crippen molar-refractivity contribution < 1.29 is 14.3 Å². The fraction of sp³-hybridized carbons (Fsp3) is 0.450. The number of rotatable bonds is 2. The molecule has 0 unspecified atom stereocenters. The Labute approximate surface area is 152 Å². The molecule has 0 aliphatic carbocycles. The van der Waals surface area contributed by atoms with Crippen LogP contribution in [0.1, 0.15) is 25.3 Å². The van der Waals surface area contributed by atoms with Gasteiger partial charge >= 0.3 is 0 Å². The lowest BCUT2D eigenvalue weighted by Gasteiger charge is -2.32. The van der Waals surface area contributed by atoms with Crippen LogP contribution < -0.4 is 9.64 Å². The van der Waals surface area contributed by atoms with Crippen LogP contribution in [0.2, 0.25) is 0 Å². The summed E-state index contributed by atoms with van der Waals surface area (Å²) < 4.78 is 5.29. The molecule has 2 aliphatic rings. The number of aromatic nitrogens is 1. The van der Waals surface area contributed by atoms with Crippen molar-refractivity contribution in [3.8, 4) is 5.75 Å². The molecule has 0 atom stereocenters. The highest BCUT2D eigenvalue weighted by Crippen LogP contribution is 2.33. The second kappa shape index (κ2) is 6.59. The first-order valence-electron chi connectivity index (χ1n) is 9.11. The van der Waals surface area contributed by atoms with Gasteiger partial charge in [0.05, 0.1) is 12.6 Å². The summed E-state index contributed by atoms with van der Waals surface area (Å²) in [4.78, 5) is 33.0. The molecule has 0 bridgehead atoms. The first-order valence-corrected chi connectivity index (χ1v) is 9.11. The van der Waals surface area contributed by atoms with Gasteiger partial charge in [-0.25, -0.2) is 4.98 Å². The number of likely N-dealkylation sites (tertiary alicyclic amines) is 1. The van der Waals surface area contributed by atoms with Crippen LogP contribution in [0.3, 0.4) is 0 Å². The molecule has 0 radical (unpaired) electrons. The quantitative estimate of drug-likeness (QED) is 0.832. The van der Waals surface area contributed by atoms with E-state index in [-0.39, 0.29) is 17.7 Å². The van der Waals surface area contributed by atoms with Crippen LogP contribution >= 0.6 is 0 Å². The molecule has 6 nitrogen and oxygen atoms in total. The molecular weight excluding hydrogens is 330 g/mol. The number of fused-ring (bicyclic) bond motifs is 2. The van der Waals surface area contributed by atoms with Gasteiger partial charge in [0.25, 0.3) is 0 Å². The van der Waals surface area contributed by atoms with Gasteiger partial charge < -0.3 is 9.64 Å². The molecular formula is C20H23N3O3. The number of ether oxygens (including phenoxy) is 1. The van der Waals surface area contributed by atoms with Crippen molar-refractivity contribution in [3.63, 3.8) is 0 Å². The van der Waals surface area contributed by atoms with Gasteiger partial charge in [-0.15, -0.1) is 0 Å². The van der Waals surface area contributed by atoms with E-state index in [1.54, 1.807) is 14.0 Å². The van der Waals surface area contributed by atoms with E-state index in [1.165, 1.54) is 0 Å². The first kappa shape index (κ1) is 16.8. The summed E-state index contributed by atoms with van der Waals surface area (Å²) in [5.41, 5.74) is 1.96. The Morgan fingerprint density at radius 2 is 1.92 bits per heavy atom. The Balaban J connectivity index is 1.58. The Hall–Kier alpha value is -2.63. The van der Waals surface area contributed by atoms with E-state index in [0.717, 1.165) is 47.3 Å². The Morgan fingerprint density at radius 3 is 2.62 bits per heavy atom. The van der Waals surface area contributed by atoms with Crippen molar-refractivity contribution in [2.75, 3.05) is 31.6 Å². The summed E-state index contributed by atoms with van der Waals surface area (Å²) in [5.74, 6) is 1.74. The molecule has 0 N–H and O–H groups in total. The summed E-state index contributed by atoms with van der Waals surface area (Å²) in [7, 11) is 1.64. The first-order chi connectivity index (χ1) is 12.6. The molecule has 1 saturated heterocycles. The number of nitrogens with zero attached hydrogens (tertiary/aromatic N) is 3. The second-order valence-corrected chi connectivity index (χ2v) is 7.05. The molecule has 136 valence electrons. The van der Waals surface area contributed by atoms with E-state index >= 15 is 0 Å². The minimum atomic E-state index is -0.0284. The predicted molar refractivity (Wildman–Crippen MR) is 99.3 cm³/mol. The van der Waals surface area contributed by atoms with Crippen molar-refractivity contribution in [2.24, 2.45) is 5.92 Å². The zero-order chi connectivity index (χ0) is 18.3. The fourth-order valence-corrected chi connectivity index (χ4v) is 3.94. The summed E-state index contributed by atoms with van der Waals surface area (Å²) in [6.07, 6.45) is 2.29. The number of benzene rings is 1. The van der Waals surface area contributed by atoms with Crippen molar-refractivity contribution in [3.05, 3.63) is 29.8 Å². The summed E-state index contributed by atoms with van der Waals surface area (Å²) >= 11 is 0. The van der Waals surface area contributed by atoms with Crippen LogP contribution in [0.15, 0.2) is 24.3 Å². The van der Waals surface area contributed by atoms with Crippen LogP contribution in [0.5, 0.6) is 5.75 Å². The molecule has 26 heavy (non-hydrogen) atoms. The molecule has 4 rings (SSSR count). The highest BCUT2D eigenvalue weighted by molar-refractivity contribution is 5.98. The molecule has 3 heterocycles. The summed E-state index contributed by atoms with van der Waals surface area (Å²) in [6, 6.07) is 7.96. The number of amides is 2. The van der Waals surface area contributed by atoms with Gasteiger partial charge in [-0.05, 0) is 43.0 Å². The van der Waals surface area contributed by atoms with Gasteiger partial charge in [-0.1, -0.05) is 0 Å². The molecule has 1 aromatic carbocycles. The third-order valence-electron chi connectivity index (χ3n) is 5.50. The predicted octanol–water partition coefficient (Wildman–Crippen LogP) is 2.39. The van der Waals surface area contributed by atoms with E-state index in [9.17, 15) is 9.59 Å². The van der Waals surface area contributed by atoms with E-state index in [4.69, 9.17) is 9.72 Å². The third-order valence-corrected chi connectivity index (χ3v) is 5.50. The fourth-order valence-electron chi connectivity index (χ4n) is 3.94. The highest BCUT2D eigenvalue weighted by Gasteiger charge is 2.34. The maximum Gasteiger partial charge on any atom is 0.231 e. The average molecular weight is 353 g/mol. The Bertz CT molecular complexity index is 872. The van der Waals surface area contributed by atoms with Crippen LogP contribution in [-0.2, 0) is 16.0 Å². The van der Waals surface area contributed by atoms with Gasteiger partial charge in [-0.2, -0.15) is 0 Å². The van der Waals surface area contributed by atoms with E-state index < -0.39 is 0 Å². The second-order valence-electron chi connectivity index (χ2n) is 7.05. The van der Waals surface area contributed by atoms with Crippen molar-refractivity contribution in [1.82, 2.24) is 9.88 Å². The Kier molecular flexibility index (Phi) is 4.26. The largest absolute Gasteiger partial charge is 0.497 e. The maximum atomic E-state index is 13.1. The van der Waals surface area contributed by atoms with E-state index in [0.29, 0.717) is 19.6 Å². The van der Waals surface area contributed by atoms with Crippen LogP contribution in [0.4, 0.5) is 5.82 Å². The van der Waals surface area contributed by atoms with Crippen LogP contribution in [0.25, 0.3) is 10.9 Å². The average Bonchev–Trinajstić information content (AvgIpc) is 3.07. The van der Waals surface area contributed by atoms with Crippen LogP contribution in [-0.4, -0.2) is 48.4 Å². The van der Waals surface area contributed by atoms with Crippen molar-refractivity contribution in [1.29, 1.82) is 0 Å².